The lowest BCUT2D eigenvalue weighted by molar-refractivity contribution is 0.0971. The van der Waals surface area contributed by atoms with Crippen molar-refractivity contribution in [3.05, 3.63) is 97.9 Å². The first-order valence-electron chi connectivity index (χ1n) is 11.8. The van der Waals surface area contributed by atoms with Gasteiger partial charge in [-0.15, -0.1) is 0 Å². The van der Waals surface area contributed by atoms with Gasteiger partial charge in [0.15, 0.2) is 5.43 Å². The van der Waals surface area contributed by atoms with Crippen molar-refractivity contribution >= 4 is 34.2 Å². The van der Waals surface area contributed by atoms with Crippen LogP contribution < -0.4 is 19.8 Å². The van der Waals surface area contributed by atoms with E-state index in [9.17, 15) is 9.59 Å². The minimum atomic E-state index is -0.695. The van der Waals surface area contributed by atoms with Crippen LogP contribution in [-0.4, -0.2) is 19.6 Å². The Balaban J connectivity index is 1.73. The molecule has 0 saturated heterocycles. The molecule has 0 bridgehead atoms. The van der Waals surface area contributed by atoms with Crippen molar-refractivity contribution in [3.63, 3.8) is 0 Å². The number of rotatable bonds is 6. The highest BCUT2D eigenvalue weighted by Gasteiger charge is 2.43. The molecule has 6 nitrogen and oxygen atoms in total. The van der Waals surface area contributed by atoms with Crippen LogP contribution in [0.3, 0.4) is 0 Å². The van der Waals surface area contributed by atoms with Crippen LogP contribution in [-0.2, 0) is 0 Å². The molecular formula is C29H26ClNO5. The molecule has 184 valence electrons. The van der Waals surface area contributed by atoms with Gasteiger partial charge in [-0.2, -0.15) is 0 Å². The minimum Gasteiger partial charge on any atom is -0.495 e. The summed E-state index contributed by atoms with van der Waals surface area (Å²) in [6, 6.07) is 15.5. The second kappa shape index (κ2) is 9.36. The maximum absolute atomic E-state index is 13.9. The summed E-state index contributed by atoms with van der Waals surface area (Å²) >= 11 is 6.42. The predicted octanol–water partition coefficient (Wildman–Crippen LogP) is 6.61. The molecule has 0 fully saturated rings. The fraction of sp³-hybridized carbons (Fsp3) is 0.241. The maximum Gasteiger partial charge on any atom is 0.295 e. The summed E-state index contributed by atoms with van der Waals surface area (Å²) in [7, 11) is 1.53. The Morgan fingerprint density at radius 2 is 1.72 bits per heavy atom. The molecule has 1 aliphatic rings. The SMILES string of the molecule is CCCOc1ccc(C2c3c(oc4cc(C)c(C)cc4c3=O)C(=O)N2c2ccc(OC)c(Cl)c2)cc1. The first-order valence-corrected chi connectivity index (χ1v) is 12.2. The maximum atomic E-state index is 13.9. The number of carbonyl (C=O) groups excluding carboxylic acids is 1. The molecule has 0 spiro atoms. The number of ether oxygens (including phenoxy) is 2. The van der Waals surface area contributed by atoms with Gasteiger partial charge in [-0.25, -0.2) is 0 Å². The summed E-state index contributed by atoms with van der Waals surface area (Å²) in [4.78, 5) is 29.2. The van der Waals surface area contributed by atoms with Crippen LogP contribution in [0.15, 0.2) is 63.8 Å². The Labute approximate surface area is 214 Å². The van der Waals surface area contributed by atoms with Gasteiger partial charge in [-0.05, 0) is 79.4 Å². The zero-order valence-electron chi connectivity index (χ0n) is 20.6. The number of halogens is 1. The first-order chi connectivity index (χ1) is 17.3. The fourth-order valence-corrected chi connectivity index (χ4v) is 4.83. The van der Waals surface area contributed by atoms with Crippen molar-refractivity contribution < 1.29 is 18.7 Å². The van der Waals surface area contributed by atoms with Crippen molar-refractivity contribution in [2.45, 2.75) is 33.2 Å². The van der Waals surface area contributed by atoms with Crippen LogP contribution >= 0.6 is 11.6 Å². The molecule has 2 heterocycles. The van der Waals surface area contributed by atoms with Gasteiger partial charge in [0.2, 0.25) is 5.76 Å². The van der Waals surface area contributed by atoms with Crippen molar-refractivity contribution in [1.29, 1.82) is 0 Å². The zero-order chi connectivity index (χ0) is 25.6. The number of anilines is 1. The molecule has 0 aliphatic carbocycles. The number of carbonyl (C=O) groups is 1. The first kappa shape index (κ1) is 23.9. The molecule has 0 N–H and O–H groups in total. The third-order valence-electron chi connectivity index (χ3n) is 6.57. The van der Waals surface area contributed by atoms with Gasteiger partial charge in [-0.1, -0.05) is 30.7 Å². The zero-order valence-corrected chi connectivity index (χ0v) is 21.3. The number of nitrogens with zero attached hydrogens (tertiary/aromatic N) is 1. The average molecular weight is 504 g/mol. The lowest BCUT2D eigenvalue weighted by Crippen LogP contribution is -2.29. The molecule has 1 atom stereocenters. The van der Waals surface area contributed by atoms with Crippen LogP contribution in [0.1, 0.15) is 52.2 Å². The van der Waals surface area contributed by atoms with Crippen LogP contribution in [0.4, 0.5) is 5.69 Å². The monoisotopic (exact) mass is 503 g/mol. The number of hydrogen-bond acceptors (Lipinski definition) is 5. The van der Waals surface area contributed by atoms with E-state index in [1.807, 2.05) is 51.1 Å². The fourth-order valence-electron chi connectivity index (χ4n) is 4.58. The van der Waals surface area contributed by atoms with Gasteiger partial charge in [0.05, 0.1) is 35.7 Å². The van der Waals surface area contributed by atoms with E-state index in [0.717, 1.165) is 28.9 Å². The van der Waals surface area contributed by atoms with Crippen molar-refractivity contribution in [2.75, 3.05) is 18.6 Å². The molecular weight excluding hydrogens is 478 g/mol. The van der Waals surface area contributed by atoms with E-state index in [4.69, 9.17) is 25.5 Å². The number of benzene rings is 3. The highest BCUT2D eigenvalue weighted by molar-refractivity contribution is 6.32. The Kier molecular flexibility index (Phi) is 6.22. The number of fused-ring (bicyclic) bond motifs is 2. The van der Waals surface area contributed by atoms with Crippen LogP contribution in [0, 0.1) is 13.8 Å². The number of hydrogen-bond donors (Lipinski definition) is 0. The molecule has 1 amide bonds. The van der Waals surface area contributed by atoms with Gasteiger partial charge >= 0.3 is 0 Å². The lowest BCUT2D eigenvalue weighted by Gasteiger charge is -2.26. The Morgan fingerprint density at radius 1 is 1.00 bits per heavy atom. The third kappa shape index (κ3) is 3.91. The molecule has 1 unspecified atom stereocenters. The Hall–Kier alpha value is -3.77. The van der Waals surface area contributed by atoms with E-state index in [2.05, 4.69) is 0 Å². The topological polar surface area (TPSA) is 69.0 Å². The molecule has 5 rings (SSSR count). The quantitative estimate of drug-likeness (QED) is 0.296. The Bertz CT molecular complexity index is 1540. The van der Waals surface area contributed by atoms with E-state index < -0.39 is 11.9 Å². The summed E-state index contributed by atoms with van der Waals surface area (Å²) in [6.07, 6.45) is 0.894. The molecule has 0 saturated carbocycles. The van der Waals surface area contributed by atoms with Crippen molar-refractivity contribution in [3.8, 4) is 11.5 Å². The van der Waals surface area contributed by atoms with Gasteiger partial charge < -0.3 is 13.9 Å². The summed E-state index contributed by atoms with van der Waals surface area (Å²) in [5, 5.41) is 0.809. The molecule has 1 aliphatic heterocycles. The van der Waals surface area contributed by atoms with Gasteiger partial charge in [0.1, 0.15) is 17.1 Å². The normalized spacial score (nSPS) is 14.9. The number of methoxy groups -OCH3 is 1. The third-order valence-corrected chi connectivity index (χ3v) is 6.86. The standard InChI is InChI=1S/C29H26ClNO5/c1-5-12-35-20-9-6-18(7-10-20)26-25-27(32)21-13-16(2)17(3)14-24(21)36-28(25)29(33)31(26)19-8-11-23(34-4)22(30)15-19/h6-11,13-15,26H,5,12H2,1-4H3. The van der Waals surface area contributed by atoms with E-state index in [-0.39, 0.29) is 11.2 Å². The summed E-state index contributed by atoms with van der Waals surface area (Å²) in [5.74, 6) is 0.851. The second-order valence-corrected chi connectivity index (χ2v) is 9.33. The van der Waals surface area contributed by atoms with E-state index >= 15 is 0 Å². The second-order valence-electron chi connectivity index (χ2n) is 8.92. The lowest BCUT2D eigenvalue weighted by atomic mass is 9.97. The van der Waals surface area contributed by atoms with Crippen molar-refractivity contribution in [1.82, 2.24) is 0 Å². The number of amides is 1. The highest BCUT2D eigenvalue weighted by atomic mass is 35.5. The largest absolute Gasteiger partial charge is 0.495 e. The van der Waals surface area contributed by atoms with Gasteiger partial charge in [-0.3, -0.25) is 14.5 Å². The van der Waals surface area contributed by atoms with Crippen molar-refractivity contribution in [2.24, 2.45) is 0 Å². The molecule has 1 aromatic heterocycles. The van der Waals surface area contributed by atoms with Crippen LogP contribution in [0.5, 0.6) is 11.5 Å². The molecule has 7 heteroatoms. The summed E-state index contributed by atoms with van der Waals surface area (Å²) in [6.45, 7) is 6.54. The molecule has 3 aromatic carbocycles. The van der Waals surface area contributed by atoms with Gasteiger partial charge in [0, 0.05) is 5.69 Å². The average Bonchev–Trinajstić information content (AvgIpc) is 3.16. The van der Waals surface area contributed by atoms with E-state index in [1.54, 1.807) is 29.2 Å². The van der Waals surface area contributed by atoms with Gasteiger partial charge in [0.25, 0.3) is 5.91 Å². The number of aryl methyl sites for hydroxylation is 2. The highest BCUT2D eigenvalue weighted by Crippen LogP contribution is 2.43. The molecule has 4 aromatic rings. The predicted molar refractivity (Wildman–Crippen MR) is 141 cm³/mol. The van der Waals surface area contributed by atoms with E-state index in [0.29, 0.717) is 39.6 Å². The smallest absolute Gasteiger partial charge is 0.295 e. The summed E-state index contributed by atoms with van der Waals surface area (Å²) < 4.78 is 17.1. The molecule has 0 radical (unpaired) electrons. The summed E-state index contributed by atoms with van der Waals surface area (Å²) in [5.41, 5.74) is 3.73. The Morgan fingerprint density at radius 3 is 2.39 bits per heavy atom. The van der Waals surface area contributed by atoms with Crippen LogP contribution in [0.2, 0.25) is 5.02 Å². The van der Waals surface area contributed by atoms with Crippen LogP contribution in [0.25, 0.3) is 11.0 Å². The van der Waals surface area contributed by atoms with E-state index in [1.165, 1.54) is 7.11 Å². The minimum absolute atomic E-state index is 0.0407. The molecule has 36 heavy (non-hydrogen) atoms.